The predicted molar refractivity (Wildman–Crippen MR) is 162 cm³/mol. The Morgan fingerprint density at radius 3 is 2.70 bits per heavy atom. The van der Waals surface area contributed by atoms with Crippen molar-refractivity contribution in [3.8, 4) is 11.5 Å². The van der Waals surface area contributed by atoms with Gasteiger partial charge in [0.25, 0.3) is 0 Å². The summed E-state index contributed by atoms with van der Waals surface area (Å²) in [4.78, 5) is 54.6. The first-order valence-electron chi connectivity index (χ1n) is 16.0. The van der Waals surface area contributed by atoms with Crippen molar-refractivity contribution in [2.24, 2.45) is 0 Å². The van der Waals surface area contributed by atoms with Crippen LogP contribution in [0.2, 0.25) is 0 Å². The van der Waals surface area contributed by atoms with Crippen LogP contribution >= 0.6 is 0 Å². The van der Waals surface area contributed by atoms with Gasteiger partial charge < -0.3 is 39.4 Å². The number of ether oxygens (including phenoxy) is 4. The molecule has 2 amide bonds. The van der Waals surface area contributed by atoms with Crippen LogP contribution in [0.15, 0.2) is 24.0 Å². The van der Waals surface area contributed by atoms with Gasteiger partial charge in [0.05, 0.1) is 17.4 Å². The van der Waals surface area contributed by atoms with Crippen LogP contribution in [0.25, 0.3) is 0 Å². The van der Waals surface area contributed by atoms with Crippen molar-refractivity contribution < 1.29 is 48.3 Å². The van der Waals surface area contributed by atoms with E-state index in [1.165, 1.54) is 11.8 Å². The van der Waals surface area contributed by atoms with Crippen molar-refractivity contribution in [1.29, 1.82) is 0 Å². The predicted octanol–water partition coefficient (Wildman–Crippen LogP) is 2.05. The summed E-state index contributed by atoms with van der Waals surface area (Å²) in [6.45, 7) is 7.72. The first-order chi connectivity index (χ1) is 21.7. The molecule has 1 spiro atoms. The lowest BCUT2D eigenvalue weighted by Crippen LogP contribution is -2.74. The summed E-state index contributed by atoms with van der Waals surface area (Å²) in [6.07, 6.45) is 1.31. The molecule has 13 nitrogen and oxygen atoms in total. The number of likely N-dealkylation sites (tertiary alicyclic amines) is 2. The van der Waals surface area contributed by atoms with Gasteiger partial charge in [-0.05, 0) is 84.7 Å². The van der Waals surface area contributed by atoms with Crippen LogP contribution in [-0.4, -0.2) is 106 Å². The van der Waals surface area contributed by atoms with Crippen molar-refractivity contribution in [2.45, 2.75) is 107 Å². The van der Waals surface area contributed by atoms with Gasteiger partial charge in [0.15, 0.2) is 23.7 Å². The number of carbonyl (C=O) groups excluding carboxylic acids is 4. The number of carbonyl (C=O) groups is 4. The summed E-state index contributed by atoms with van der Waals surface area (Å²) in [6, 6.07) is 2.59. The number of aliphatic hydroxyl groups is 1. The van der Waals surface area contributed by atoms with Gasteiger partial charge in [-0.2, -0.15) is 0 Å². The van der Waals surface area contributed by atoms with Gasteiger partial charge in [-0.15, -0.1) is 0 Å². The summed E-state index contributed by atoms with van der Waals surface area (Å²) >= 11 is 0. The van der Waals surface area contributed by atoms with Gasteiger partial charge in [-0.25, -0.2) is 9.59 Å². The van der Waals surface area contributed by atoms with E-state index in [-0.39, 0.29) is 36.9 Å². The third kappa shape index (κ3) is 5.17. The zero-order valence-corrected chi connectivity index (χ0v) is 27.0. The van der Waals surface area contributed by atoms with Gasteiger partial charge in [0.1, 0.15) is 17.4 Å². The van der Waals surface area contributed by atoms with E-state index in [0.717, 1.165) is 11.1 Å². The van der Waals surface area contributed by atoms with Crippen LogP contribution in [0.1, 0.15) is 70.9 Å². The second-order valence-corrected chi connectivity index (χ2v) is 14.0. The Kier molecular flexibility index (Phi) is 7.99. The number of esters is 2. The number of rotatable bonds is 7. The fourth-order valence-electron chi connectivity index (χ4n) is 7.92. The molecule has 6 rings (SSSR count). The number of amides is 2. The Labute approximate surface area is 267 Å². The average Bonchev–Trinajstić information content (AvgIpc) is 3.60. The molecule has 2 fully saturated rings. The Hall–Kier alpha value is -3.84. The molecule has 1 aromatic rings. The second kappa shape index (κ2) is 11.4. The molecule has 5 aliphatic rings. The van der Waals surface area contributed by atoms with Crippen molar-refractivity contribution in [1.82, 2.24) is 15.1 Å². The van der Waals surface area contributed by atoms with E-state index in [0.29, 0.717) is 44.5 Å². The summed E-state index contributed by atoms with van der Waals surface area (Å²) < 4.78 is 22.8. The minimum Gasteiger partial charge on any atom is -0.504 e. The highest BCUT2D eigenvalue weighted by Gasteiger charge is 2.72. The molecule has 3 N–H and O–H groups in total. The minimum atomic E-state index is -1.26. The van der Waals surface area contributed by atoms with Gasteiger partial charge in [-0.1, -0.05) is 6.07 Å². The van der Waals surface area contributed by atoms with E-state index < -0.39 is 58.8 Å². The third-order valence-corrected chi connectivity index (χ3v) is 10.0. The van der Waals surface area contributed by atoms with E-state index in [4.69, 9.17) is 18.9 Å². The molecule has 250 valence electrons. The maximum absolute atomic E-state index is 13.2. The lowest BCUT2D eigenvalue weighted by Gasteiger charge is -2.61. The first-order valence-corrected chi connectivity index (χ1v) is 16.0. The monoisotopic (exact) mass is 641 g/mol. The van der Waals surface area contributed by atoms with Gasteiger partial charge in [-0.3, -0.25) is 14.5 Å². The van der Waals surface area contributed by atoms with Gasteiger partial charge in [0, 0.05) is 31.1 Å². The molecule has 2 bridgehead atoms. The molecule has 46 heavy (non-hydrogen) atoms. The molecular weight excluding hydrogens is 598 g/mol. The minimum absolute atomic E-state index is 0.0344. The fraction of sp³-hybridized carbons (Fsp3) is 0.636. The van der Waals surface area contributed by atoms with Crippen molar-refractivity contribution in [3.63, 3.8) is 0 Å². The Balaban J connectivity index is 1.05. The Morgan fingerprint density at radius 1 is 1.20 bits per heavy atom. The number of phenols is 1. The maximum Gasteiger partial charge on any atom is 0.410 e. The van der Waals surface area contributed by atoms with E-state index in [2.05, 4.69) is 10.2 Å². The number of hydrogen-bond acceptors (Lipinski definition) is 11. The number of nitrogens with one attached hydrogen (secondary N) is 1. The van der Waals surface area contributed by atoms with Crippen LogP contribution in [0.5, 0.6) is 11.5 Å². The SMILES string of the molecule is CC(OC(=O)CCNC(=O)C1CCCN1C(=O)OC(C)(C)C)C(=O)OC1=CC[C@@]2(O)[C@H]3Cc4ccc(O)c5c4[C@@]2(CCN3C)[C@H]1O5. The van der Waals surface area contributed by atoms with Crippen LogP contribution in [0, 0.1) is 0 Å². The van der Waals surface area contributed by atoms with Crippen LogP contribution in [-0.2, 0) is 40.4 Å². The zero-order valence-electron chi connectivity index (χ0n) is 27.0. The number of likely N-dealkylation sites (N-methyl/N-ethyl adjacent to an activating group) is 1. The molecule has 0 aromatic heterocycles. The molecule has 0 radical (unpaired) electrons. The van der Waals surface area contributed by atoms with Gasteiger partial charge in [0.2, 0.25) is 5.91 Å². The highest BCUT2D eigenvalue weighted by molar-refractivity contribution is 5.86. The summed E-state index contributed by atoms with van der Waals surface area (Å²) in [5.41, 5.74) is -1.03. The van der Waals surface area contributed by atoms with Gasteiger partial charge >= 0.3 is 18.0 Å². The smallest absolute Gasteiger partial charge is 0.410 e. The Morgan fingerprint density at radius 2 is 1.96 bits per heavy atom. The maximum atomic E-state index is 13.2. The van der Waals surface area contributed by atoms with Crippen molar-refractivity contribution >= 4 is 23.9 Å². The number of nitrogens with zero attached hydrogens (tertiary/aromatic N) is 2. The molecule has 13 heteroatoms. The van der Waals surface area contributed by atoms with E-state index in [1.54, 1.807) is 32.9 Å². The largest absolute Gasteiger partial charge is 0.504 e. The van der Waals surface area contributed by atoms with Crippen molar-refractivity contribution in [2.75, 3.05) is 26.7 Å². The molecule has 3 heterocycles. The quantitative estimate of drug-likeness (QED) is 0.295. The third-order valence-electron chi connectivity index (χ3n) is 10.0. The number of phenolic OH excluding ortho intramolecular Hbond substituents is 1. The van der Waals surface area contributed by atoms with E-state index in [9.17, 15) is 29.4 Å². The molecule has 2 saturated heterocycles. The first kappa shape index (κ1) is 32.1. The number of piperidine rings is 1. The second-order valence-electron chi connectivity index (χ2n) is 14.0. The Bertz CT molecular complexity index is 1490. The number of aromatic hydroxyl groups is 1. The van der Waals surface area contributed by atoms with Crippen LogP contribution < -0.4 is 10.1 Å². The van der Waals surface area contributed by atoms with E-state index >= 15 is 0 Å². The molecule has 0 saturated carbocycles. The molecule has 3 aliphatic heterocycles. The summed E-state index contributed by atoms with van der Waals surface area (Å²) in [5.74, 6) is -1.43. The molecule has 6 atom stereocenters. The highest BCUT2D eigenvalue weighted by Crippen LogP contribution is 2.65. The normalized spacial score (nSPS) is 30.0. The number of benzene rings is 1. The van der Waals surface area contributed by atoms with E-state index in [1.807, 2.05) is 13.1 Å². The lowest BCUT2D eigenvalue weighted by atomic mass is 9.50. The molecule has 1 aromatic carbocycles. The molecular formula is C33H43N3O10. The summed E-state index contributed by atoms with van der Waals surface area (Å²) in [5, 5.41) is 25.6. The molecule has 2 unspecified atom stereocenters. The zero-order chi connectivity index (χ0) is 33.2. The molecule has 2 aliphatic carbocycles. The van der Waals surface area contributed by atoms with Crippen LogP contribution in [0.3, 0.4) is 0 Å². The number of hydrogen-bond donors (Lipinski definition) is 3. The van der Waals surface area contributed by atoms with Crippen molar-refractivity contribution in [3.05, 3.63) is 35.1 Å². The average molecular weight is 642 g/mol. The van der Waals surface area contributed by atoms with Crippen LogP contribution in [0.4, 0.5) is 4.79 Å². The fourth-order valence-corrected chi connectivity index (χ4v) is 7.92. The summed E-state index contributed by atoms with van der Waals surface area (Å²) in [7, 11) is 1.99. The lowest BCUT2D eigenvalue weighted by molar-refractivity contribution is -0.175. The standard InChI is InChI=1S/C33H43N3O10/c1-18(43-24(38)11-14-34-28(39)20-7-6-15-36(20)30(41)46-31(2,3)4)29(40)44-22-10-12-33(42)23-17-19-8-9-21(37)26-25(19)32(33,27(22)45-26)13-16-35(23)5/h8-10,18,20,23,27,37,42H,6-7,11-17H2,1-5H3,(H,34,39)/t18?,20?,23-,27+,32+,33-/m1/s1. The topological polar surface area (TPSA) is 164 Å². The highest BCUT2D eigenvalue weighted by atomic mass is 16.6.